The molecule has 0 aliphatic heterocycles. The van der Waals surface area contributed by atoms with Crippen LogP contribution in [0.15, 0.2) is 24.3 Å². The number of nitrogens with one attached hydrogen (secondary N) is 2. The Labute approximate surface area is 121 Å². The van der Waals surface area contributed by atoms with Crippen molar-refractivity contribution in [3.05, 3.63) is 29.8 Å². The third-order valence-electron chi connectivity index (χ3n) is 3.05. The fraction of sp³-hybridized carbons (Fsp3) is 0.533. The number of ether oxygens (including phenoxy) is 1. The van der Waals surface area contributed by atoms with Crippen LogP contribution in [0.4, 0.5) is 5.69 Å². The highest BCUT2D eigenvalue weighted by Gasteiger charge is 2.04. The van der Waals surface area contributed by atoms with E-state index in [1.54, 1.807) is 7.11 Å². The summed E-state index contributed by atoms with van der Waals surface area (Å²) in [5.74, 6) is -0.0150. The number of aryl methyl sites for hydroxylation is 1. The van der Waals surface area contributed by atoms with E-state index in [0.717, 1.165) is 37.5 Å². The van der Waals surface area contributed by atoms with Gasteiger partial charge in [-0.3, -0.25) is 4.79 Å². The maximum Gasteiger partial charge on any atom is 0.238 e. The molecule has 0 saturated heterocycles. The summed E-state index contributed by atoms with van der Waals surface area (Å²) >= 11 is 0. The maximum atomic E-state index is 11.8. The predicted octanol–water partition coefficient (Wildman–Crippen LogP) is 1.10. The molecule has 0 saturated carbocycles. The van der Waals surface area contributed by atoms with Crippen LogP contribution < -0.4 is 10.6 Å². The van der Waals surface area contributed by atoms with Crippen molar-refractivity contribution in [3.8, 4) is 0 Å². The molecule has 0 fully saturated rings. The first-order chi connectivity index (χ1) is 9.63. The number of hydrogen-bond acceptors (Lipinski definition) is 4. The van der Waals surface area contributed by atoms with Crippen molar-refractivity contribution >= 4 is 11.6 Å². The minimum absolute atomic E-state index is 0.0150. The largest absolute Gasteiger partial charge is 0.383 e. The van der Waals surface area contributed by atoms with Gasteiger partial charge in [0.05, 0.1) is 13.2 Å². The highest BCUT2D eigenvalue weighted by Crippen LogP contribution is 2.12. The van der Waals surface area contributed by atoms with Crippen molar-refractivity contribution < 1.29 is 9.53 Å². The van der Waals surface area contributed by atoms with Gasteiger partial charge in [0.2, 0.25) is 5.91 Å². The number of anilines is 1. The number of para-hydroxylation sites is 1. The molecule has 112 valence electrons. The van der Waals surface area contributed by atoms with Crippen molar-refractivity contribution in [2.24, 2.45) is 0 Å². The van der Waals surface area contributed by atoms with Crippen LogP contribution in [0.3, 0.4) is 0 Å². The van der Waals surface area contributed by atoms with Crippen LogP contribution in [-0.2, 0) is 9.53 Å². The lowest BCUT2D eigenvalue weighted by atomic mass is 10.2. The van der Waals surface area contributed by atoms with Crippen LogP contribution in [0.25, 0.3) is 0 Å². The van der Waals surface area contributed by atoms with E-state index < -0.39 is 0 Å². The lowest BCUT2D eigenvalue weighted by Crippen LogP contribution is -2.35. The van der Waals surface area contributed by atoms with Crippen LogP contribution in [-0.4, -0.2) is 57.8 Å². The summed E-state index contributed by atoms with van der Waals surface area (Å²) in [7, 11) is 3.73. The van der Waals surface area contributed by atoms with Crippen LogP contribution in [0.1, 0.15) is 5.56 Å². The van der Waals surface area contributed by atoms with E-state index in [1.165, 1.54) is 0 Å². The zero-order valence-electron chi connectivity index (χ0n) is 12.6. The summed E-state index contributed by atoms with van der Waals surface area (Å²) in [5.41, 5.74) is 1.94. The molecule has 0 aromatic heterocycles. The molecule has 0 heterocycles. The first kappa shape index (κ1) is 16.6. The predicted molar refractivity (Wildman–Crippen MR) is 82.1 cm³/mol. The Morgan fingerprint density at radius 2 is 2.05 bits per heavy atom. The second-order valence-corrected chi connectivity index (χ2v) is 4.84. The van der Waals surface area contributed by atoms with Gasteiger partial charge in [-0.2, -0.15) is 0 Å². The number of hydrogen-bond donors (Lipinski definition) is 2. The summed E-state index contributed by atoms with van der Waals surface area (Å²) < 4.78 is 5.01. The Morgan fingerprint density at radius 3 is 2.75 bits per heavy atom. The SMILES string of the molecule is COCCN(C)CCNCC(=O)Nc1ccccc1C. The van der Waals surface area contributed by atoms with Crippen LogP contribution >= 0.6 is 0 Å². The molecular formula is C15H25N3O2. The number of benzene rings is 1. The molecule has 0 aliphatic rings. The number of amides is 1. The molecular weight excluding hydrogens is 254 g/mol. The maximum absolute atomic E-state index is 11.8. The molecule has 1 aromatic carbocycles. The van der Waals surface area contributed by atoms with Crippen molar-refractivity contribution in [3.63, 3.8) is 0 Å². The monoisotopic (exact) mass is 279 g/mol. The molecule has 0 radical (unpaired) electrons. The van der Waals surface area contributed by atoms with Crippen molar-refractivity contribution in [1.82, 2.24) is 10.2 Å². The fourth-order valence-electron chi connectivity index (χ4n) is 1.74. The molecule has 0 aliphatic carbocycles. The molecule has 2 N–H and O–H groups in total. The number of likely N-dealkylation sites (N-methyl/N-ethyl adjacent to an activating group) is 1. The summed E-state index contributed by atoms with van der Waals surface area (Å²) in [6.45, 7) is 5.60. The van der Waals surface area contributed by atoms with Gasteiger partial charge in [-0.1, -0.05) is 18.2 Å². The van der Waals surface area contributed by atoms with Gasteiger partial charge in [-0.25, -0.2) is 0 Å². The zero-order chi connectivity index (χ0) is 14.8. The van der Waals surface area contributed by atoms with E-state index in [-0.39, 0.29) is 5.91 Å². The average Bonchev–Trinajstić information content (AvgIpc) is 2.44. The standard InChI is InChI=1S/C15H25N3O2/c1-13-6-4-5-7-14(13)17-15(19)12-16-8-9-18(2)10-11-20-3/h4-7,16H,8-12H2,1-3H3,(H,17,19). The minimum atomic E-state index is -0.0150. The number of methoxy groups -OCH3 is 1. The van der Waals surface area contributed by atoms with Gasteiger partial charge in [0.1, 0.15) is 0 Å². The van der Waals surface area contributed by atoms with E-state index in [9.17, 15) is 4.79 Å². The number of nitrogens with zero attached hydrogens (tertiary/aromatic N) is 1. The summed E-state index contributed by atoms with van der Waals surface area (Å²) in [4.78, 5) is 13.9. The molecule has 5 nitrogen and oxygen atoms in total. The summed E-state index contributed by atoms with van der Waals surface area (Å²) in [5, 5.41) is 6.04. The molecule has 0 bridgehead atoms. The van der Waals surface area contributed by atoms with Gasteiger partial charge in [0, 0.05) is 32.4 Å². The smallest absolute Gasteiger partial charge is 0.238 e. The highest BCUT2D eigenvalue weighted by molar-refractivity contribution is 5.92. The number of carbonyl (C=O) groups excluding carboxylic acids is 1. The molecule has 1 amide bonds. The Bertz CT molecular complexity index is 410. The van der Waals surface area contributed by atoms with E-state index in [2.05, 4.69) is 15.5 Å². The second-order valence-electron chi connectivity index (χ2n) is 4.84. The number of rotatable bonds is 9. The van der Waals surface area contributed by atoms with Gasteiger partial charge < -0.3 is 20.3 Å². The normalized spacial score (nSPS) is 10.8. The summed E-state index contributed by atoms with van der Waals surface area (Å²) in [6, 6.07) is 7.76. The first-order valence-corrected chi connectivity index (χ1v) is 6.87. The Morgan fingerprint density at radius 1 is 1.30 bits per heavy atom. The first-order valence-electron chi connectivity index (χ1n) is 6.87. The van der Waals surface area contributed by atoms with E-state index in [0.29, 0.717) is 6.54 Å². The third-order valence-corrected chi connectivity index (χ3v) is 3.05. The fourth-order valence-corrected chi connectivity index (χ4v) is 1.74. The van der Waals surface area contributed by atoms with E-state index in [4.69, 9.17) is 4.74 Å². The Balaban J connectivity index is 2.16. The molecule has 20 heavy (non-hydrogen) atoms. The van der Waals surface area contributed by atoms with Crippen LogP contribution in [0.2, 0.25) is 0 Å². The second kappa shape index (κ2) is 9.47. The lowest BCUT2D eigenvalue weighted by molar-refractivity contribution is -0.115. The molecule has 0 atom stereocenters. The molecule has 1 aromatic rings. The van der Waals surface area contributed by atoms with E-state index >= 15 is 0 Å². The van der Waals surface area contributed by atoms with Gasteiger partial charge in [-0.15, -0.1) is 0 Å². The van der Waals surface area contributed by atoms with Crippen molar-refractivity contribution in [2.45, 2.75) is 6.92 Å². The van der Waals surface area contributed by atoms with Gasteiger partial charge in [0.15, 0.2) is 0 Å². The van der Waals surface area contributed by atoms with Crippen molar-refractivity contribution in [1.29, 1.82) is 0 Å². The molecule has 1 rings (SSSR count). The molecule has 0 unspecified atom stereocenters. The van der Waals surface area contributed by atoms with E-state index in [1.807, 2.05) is 38.2 Å². The van der Waals surface area contributed by atoms with Crippen molar-refractivity contribution in [2.75, 3.05) is 52.3 Å². The Hall–Kier alpha value is -1.43. The number of carbonyl (C=O) groups is 1. The molecule has 0 spiro atoms. The lowest BCUT2D eigenvalue weighted by Gasteiger charge is -2.16. The van der Waals surface area contributed by atoms with Crippen LogP contribution in [0, 0.1) is 6.92 Å². The average molecular weight is 279 g/mol. The quantitative estimate of drug-likeness (QED) is 0.665. The van der Waals surface area contributed by atoms with Gasteiger partial charge in [-0.05, 0) is 25.6 Å². The third kappa shape index (κ3) is 6.65. The highest BCUT2D eigenvalue weighted by atomic mass is 16.5. The summed E-state index contributed by atoms with van der Waals surface area (Å²) in [6.07, 6.45) is 0. The Kier molecular flexibility index (Phi) is 7.87. The minimum Gasteiger partial charge on any atom is -0.383 e. The zero-order valence-corrected chi connectivity index (χ0v) is 12.6. The van der Waals surface area contributed by atoms with Gasteiger partial charge in [0.25, 0.3) is 0 Å². The molecule has 5 heteroatoms. The van der Waals surface area contributed by atoms with Crippen LogP contribution in [0.5, 0.6) is 0 Å². The topological polar surface area (TPSA) is 53.6 Å². The van der Waals surface area contributed by atoms with Gasteiger partial charge >= 0.3 is 0 Å².